The van der Waals surface area contributed by atoms with Crippen molar-refractivity contribution in [3.63, 3.8) is 0 Å². The first kappa shape index (κ1) is 9.15. The van der Waals surface area contributed by atoms with Crippen LogP contribution in [0.2, 0.25) is 0 Å². The van der Waals surface area contributed by atoms with Gasteiger partial charge in [0.15, 0.2) is 6.04 Å². The predicted molar refractivity (Wildman–Crippen MR) is 46.2 cm³/mol. The van der Waals surface area contributed by atoms with Crippen LogP contribution in [0.15, 0.2) is 11.6 Å². The third-order valence-electron chi connectivity index (χ3n) is 1.35. The summed E-state index contributed by atoms with van der Waals surface area (Å²) >= 11 is 1.34. The van der Waals surface area contributed by atoms with E-state index in [4.69, 9.17) is 5.11 Å². The molecule has 0 fully saturated rings. The quantitative estimate of drug-likeness (QED) is 0.732. The third-order valence-corrected chi connectivity index (χ3v) is 2.19. The summed E-state index contributed by atoms with van der Waals surface area (Å²) in [4.78, 5) is 14.6. The van der Waals surface area contributed by atoms with Crippen LogP contribution in [0.4, 0.5) is 0 Å². The maximum absolute atomic E-state index is 10.7. The van der Waals surface area contributed by atoms with Crippen LogP contribution in [0.3, 0.4) is 0 Å². The van der Waals surface area contributed by atoms with Crippen molar-refractivity contribution in [3.8, 4) is 0 Å². The Bertz CT molecular complexity index is 248. The molecule has 0 saturated heterocycles. The average Bonchev–Trinajstić information content (AvgIpc) is 2.51. The molecule has 0 radical (unpaired) electrons. The van der Waals surface area contributed by atoms with E-state index in [9.17, 15) is 4.79 Å². The molecule has 1 heterocycles. The minimum Gasteiger partial charge on any atom is -0.480 e. The van der Waals surface area contributed by atoms with Crippen molar-refractivity contribution in [3.05, 3.63) is 16.6 Å². The Morgan fingerprint density at radius 3 is 3.08 bits per heavy atom. The monoisotopic (exact) mass is 186 g/mol. The zero-order valence-corrected chi connectivity index (χ0v) is 7.47. The fourth-order valence-corrected chi connectivity index (χ4v) is 1.56. The standard InChI is InChI=1S/C7H10N2O2S/c1-2-8-5(7(10)11)6-9-3-4-12-6/h3-5,8H,2H2,1H3,(H,10,11). The van der Waals surface area contributed by atoms with Gasteiger partial charge >= 0.3 is 5.97 Å². The summed E-state index contributed by atoms with van der Waals surface area (Å²) in [6.45, 7) is 2.49. The molecule has 5 heteroatoms. The Hall–Kier alpha value is -0.940. The van der Waals surface area contributed by atoms with Crippen LogP contribution < -0.4 is 5.32 Å². The van der Waals surface area contributed by atoms with Gasteiger partial charge in [-0.05, 0) is 6.54 Å². The molecule has 1 rings (SSSR count). The van der Waals surface area contributed by atoms with E-state index >= 15 is 0 Å². The van der Waals surface area contributed by atoms with E-state index in [0.717, 1.165) is 0 Å². The van der Waals surface area contributed by atoms with Gasteiger partial charge in [0, 0.05) is 11.6 Å². The van der Waals surface area contributed by atoms with Crippen molar-refractivity contribution in [1.29, 1.82) is 0 Å². The zero-order chi connectivity index (χ0) is 8.97. The minimum absolute atomic E-state index is 0.601. The van der Waals surface area contributed by atoms with Crippen molar-refractivity contribution in [1.82, 2.24) is 10.3 Å². The summed E-state index contributed by atoms with van der Waals surface area (Å²) in [5, 5.41) is 14.0. The highest BCUT2D eigenvalue weighted by atomic mass is 32.1. The van der Waals surface area contributed by atoms with E-state index in [-0.39, 0.29) is 0 Å². The lowest BCUT2D eigenvalue weighted by Gasteiger charge is -2.08. The molecule has 0 bridgehead atoms. The molecular formula is C7H10N2O2S. The lowest BCUT2D eigenvalue weighted by atomic mass is 10.3. The van der Waals surface area contributed by atoms with Crippen LogP contribution in [-0.4, -0.2) is 22.6 Å². The second-order valence-electron chi connectivity index (χ2n) is 2.20. The molecule has 1 unspecified atom stereocenters. The summed E-state index contributed by atoms with van der Waals surface area (Å²) in [6, 6.07) is -0.657. The summed E-state index contributed by atoms with van der Waals surface area (Å²) in [5.74, 6) is -0.883. The van der Waals surface area contributed by atoms with Gasteiger partial charge in [0.25, 0.3) is 0 Å². The smallest absolute Gasteiger partial charge is 0.327 e. The fraction of sp³-hybridized carbons (Fsp3) is 0.429. The summed E-state index contributed by atoms with van der Waals surface area (Å²) in [6.07, 6.45) is 1.60. The summed E-state index contributed by atoms with van der Waals surface area (Å²) in [7, 11) is 0. The van der Waals surface area contributed by atoms with Crippen molar-refractivity contribution in [2.24, 2.45) is 0 Å². The number of aromatic nitrogens is 1. The first-order valence-electron chi connectivity index (χ1n) is 3.61. The average molecular weight is 186 g/mol. The van der Waals surface area contributed by atoms with Crippen molar-refractivity contribution in [2.75, 3.05) is 6.54 Å². The molecule has 66 valence electrons. The highest BCUT2D eigenvalue weighted by Crippen LogP contribution is 2.15. The second kappa shape index (κ2) is 4.18. The molecule has 0 spiro atoms. The third kappa shape index (κ3) is 2.02. The number of thiazole rings is 1. The molecule has 0 aliphatic heterocycles. The molecule has 12 heavy (non-hydrogen) atoms. The van der Waals surface area contributed by atoms with Gasteiger partial charge in [0.2, 0.25) is 0 Å². The first-order chi connectivity index (χ1) is 5.75. The number of hydrogen-bond donors (Lipinski definition) is 2. The van der Waals surface area contributed by atoms with Crippen LogP contribution in [0.25, 0.3) is 0 Å². The van der Waals surface area contributed by atoms with E-state index in [1.54, 1.807) is 11.6 Å². The lowest BCUT2D eigenvalue weighted by Crippen LogP contribution is -2.27. The first-order valence-corrected chi connectivity index (χ1v) is 4.49. The second-order valence-corrected chi connectivity index (χ2v) is 3.13. The van der Waals surface area contributed by atoms with Crippen LogP contribution in [-0.2, 0) is 4.79 Å². The molecule has 0 saturated carbocycles. The number of likely N-dealkylation sites (N-methyl/N-ethyl adjacent to an activating group) is 1. The Morgan fingerprint density at radius 2 is 2.67 bits per heavy atom. The van der Waals surface area contributed by atoms with Crippen LogP contribution in [0.1, 0.15) is 18.0 Å². The molecule has 0 amide bonds. The number of hydrogen-bond acceptors (Lipinski definition) is 4. The van der Waals surface area contributed by atoms with Crippen LogP contribution in [0.5, 0.6) is 0 Å². The SMILES string of the molecule is CCNC(C(=O)O)c1nccs1. The number of nitrogens with one attached hydrogen (secondary N) is 1. The lowest BCUT2D eigenvalue weighted by molar-refractivity contribution is -0.139. The molecule has 1 aromatic heterocycles. The van der Waals surface area contributed by atoms with Crippen molar-refractivity contribution in [2.45, 2.75) is 13.0 Å². The van der Waals surface area contributed by atoms with Gasteiger partial charge in [-0.15, -0.1) is 11.3 Å². The Balaban J connectivity index is 2.73. The summed E-state index contributed by atoms with van der Waals surface area (Å²) < 4.78 is 0. The largest absolute Gasteiger partial charge is 0.480 e. The number of carboxylic acids is 1. The highest BCUT2D eigenvalue weighted by molar-refractivity contribution is 7.09. The van der Waals surface area contributed by atoms with Gasteiger partial charge < -0.3 is 5.11 Å². The summed E-state index contributed by atoms with van der Waals surface area (Å²) in [5.41, 5.74) is 0. The number of rotatable bonds is 4. The molecular weight excluding hydrogens is 176 g/mol. The van der Waals surface area contributed by atoms with Crippen molar-refractivity contribution < 1.29 is 9.90 Å². The predicted octanol–water partition coefficient (Wildman–Crippen LogP) is 0.878. The van der Waals surface area contributed by atoms with Gasteiger partial charge in [0.05, 0.1) is 0 Å². The molecule has 0 aliphatic carbocycles. The van der Waals surface area contributed by atoms with E-state index in [0.29, 0.717) is 11.6 Å². The molecule has 2 N–H and O–H groups in total. The van der Waals surface area contributed by atoms with Gasteiger partial charge in [-0.3, -0.25) is 10.1 Å². The molecule has 0 aliphatic rings. The van der Waals surface area contributed by atoms with Crippen LogP contribution >= 0.6 is 11.3 Å². The highest BCUT2D eigenvalue weighted by Gasteiger charge is 2.20. The zero-order valence-electron chi connectivity index (χ0n) is 6.65. The van der Waals surface area contributed by atoms with Gasteiger partial charge in [0.1, 0.15) is 5.01 Å². The van der Waals surface area contributed by atoms with Gasteiger partial charge in [-0.2, -0.15) is 0 Å². The fourth-order valence-electron chi connectivity index (χ4n) is 0.861. The van der Waals surface area contributed by atoms with Crippen molar-refractivity contribution >= 4 is 17.3 Å². The van der Waals surface area contributed by atoms with E-state index in [2.05, 4.69) is 10.3 Å². The Morgan fingerprint density at radius 1 is 1.92 bits per heavy atom. The minimum atomic E-state index is -0.883. The Kier molecular flexibility index (Phi) is 3.19. The van der Waals surface area contributed by atoms with Crippen LogP contribution in [0, 0.1) is 0 Å². The van der Waals surface area contributed by atoms with E-state index in [1.165, 1.54) is 11.3 Å². The Labute approximate surface area is 74.3 Å². The maximum atomic E-state index is 10.7. The molecule has 4 nitrogen and oxygen atoms in total. The topological polar surface area (TPSA) is 62.2 Å². The number of carbonyl (C=O) groups is 1. The van der Waals surface area contributed by atoms with E-state index in [1.807, 2.05) is 6.92 Å². The number of nitrogens with zero attached hydrogens (tertiary/aromatic N) is 1. The number of aliphatic carboxylic acids is 1. The van der Waals surface area contributed by atoms with E-state index < -0.39 is 12.0 Å². The maximum Gasteiger partial charge on any atom is 0.327 e. The number of carboxylic acid groups (broad SMARTS) is 1. The van der Waals surface area contributed by atoms with Gasteiger partial charge in [-0.1, -0.05) is 6.92 Å². The molecule has 1 aromatic rings. The normalized spacial score (nSPS) is 12.8. The molecule has 0 aromatic carbocycles. The molecule has 1 atom stereocenters. The van der Waals surface area contributed by atoms with Gasteiger partial charge in [-0.25, -0.2) is 4.98 Å².